The van der Waals surface area contributed by atoms with E-state index in [-0.39, 0.29) is 0 Å². The zero-order valence-corrected chi connectivity index (χ0v) is 11.1. The van der Waals surface area contributed by atoms with Crippen LogP contribution in [0.4, 0.5) is 0 Å². The van der Waals surface area contributed by atoms with Crippen molar-refractivity contribution in [2.75, 3.05) is 0 Å². The average molecular weight is 286 g/mol. The molecule has 2 unspecified atom stereocenters. The molecule has 2 atom stereocenters. The van der Waals surface area contributed by atoms with E-state index in [9.17, 15) is 0 Å². The fourth-order valence-corrected chi connectivity index (χ4v) is 6.13. The van der Waals surface area contributed by atoms with E-state index in [2.05, 4.69) is 12.1 Å². The topological polar surface area (TPSA) is 0 Å². The van der Waals surface area contributed by atoms with Crippen molar-refractivity contribution in [3.63, 3.8) is 0 Å². The normalized spacial score (nSPS) is 33.5. The Morgan fingerprint density at radius 3 is 2.20 bits per heavy atom. The molecule has 0 aliphatic heterocycles. The van der Waals surface area contributed by atoms with Crippen LogP contribution in [-0.2, 0) is 0 Å². The standard InChI is InChI=1S/C13H15ClSe/c14-9-5-7-10(8-6-9)15-13-11-3-1-2-4-12(11)13/h5-8,11-13H,1-4H2. The zero-order chi connectivity index (χ0) is 10.3. The van der Waals surface area contributed by atoms with Gasteiger partial charge in [-0.1, -0.05) is 0 Å². The molecule has 1 aromatic carbocycles. The number of benzene rings is 1. The first-order valence-electron chi connectivity index (χ1n) is 5.77. The molecule has 0 N–H and O–H groups in total. The van der Waals surface area contributed by atoms with Gasteiger partial charge in [0.05, 0.1) is 0 Å². The molecule has 0 spiro atoms. The van der Waals surface area contributed by atoms with Gasteiger partial charge in [-0.2, -0.15) is 0 Å². The molecule has 0 nitrogen and oxygen atoms in total. The average Bonchev–Trinajstić information content (AvgIpc) is 2.96. The second-order valence-corrected chi connectivity index (χ2v) is 7.71. The summed E-state index contributed by atoms with van der Waals surface area (Å²) < 4.78 is 1.53. The van der Waals surface area contributed by atoms with Crippen LogP contribution in [0, 0.1) is 11.8 Å². The van der Waals surface area contributed by atoms with Gasteiger partial charge >= 0.3 is 103 Å². The quantitative estimate of drug-likeness (QED) is 0.732. The molecule has 0 radical (unpaired) electrons. The van der Waals surface area contributed by atoms with Crippen molar-refractivity contribution in [1.82, 2.24) is 0 Å². The number of hydrogen-bond acceptors (Lipinski definition) is 0. The van der Waals surface area contributed by atoms with Crippen molar-refractivity contribution in [3.05, 3.63) is 29.3 Å². The van der Waals surface area contributed by atoms with Crippen LogP contribution in [0.2, 0.25) is 9.84 Å². The van der Waals surface area contributed by atoms with Crippen LogP contribution >= 0.6 is 11.6 Å². The first kappa shape index (κ1) is 10.2. The summed E-state index contributed by atoms with van der Waals surface area (Å²) in [6.07, 6.45) is 5.97. The number of fused-ring (bicyclic) bond motifs is 1. The Labute approximate surface area is 103 Å². The summed E-state index contributed by atoms with van der Waals surface area (Å²) in [5.41, 5.74) is 0. The first-order valence-corrected chi connectivity index (χ1v) is 7.99. The Bertz CT molecular complexity index is 334. The summed E-state index contributed by atoms with van der Waals surface area (Å²) in [6, 6.07) is 8.49. The van der Waals surface area contributed by atoms with Gasteiger partial charge in [-0.3, -0.25) is 0 Å². The maximum absolute atomic E-state index is 5.89. The molecular weight excluding hydrogens is 271 g/mol. The van der Waals surface area contributed by atoms with Crippen molar-refractivity contribution >= 4 is 31.0 Å². The third kappa shape index (κ3) is 2.11. The van der Waals surface area contributed by atoms with Crippen LogP contribution < -0.4 is 4.46 Å². The van der Waals surface area contributed by atoms with Gasteiger partial charge in [0, 0.05) is 0 Å². The van der Waals surface area contributed by atoms with Crippen molar-refractivity contribution in [2.24, 2.45) is 11.8 Å². The van der Waals surface area contributed by atoms with E-state index in [0.29, 0.717) is 15.0 Å². The molecule has 2 fully saturated rings. The predicted octanol–water partition coefficient (Wildman–Crippen LogP) is 3.28. The molecule has 2 aliphatic rings. The van der Waals surface area contributed by atoms with E-state index in [1.54, 1.807) is 0 Å². The van der Waals surface area contributed by atoms with E-state index >= 15 is 0 Å². The summed E-state index contributed by atoms with van der Waals surface area (Å²) in [7, 11) is 0. The minimum atomic E-state index is 0.699. The van der Waals surface area contributed by atoms with Crippen molar-refractivity contribution in [2.45, 2.75) is 30.5 Å². The van der Waals surface area contributed by atoms with Gasteiger partial charge in [0.2, 0.25) is 0 Å². The number of rotatable bonds is 2. The van der Waals surface area contributed by atoms with Gasteiger partial charge in [0.25, 0.3) is 0 Å². The van der Waals surface area contributed by atoms with E-state index in [0.717, 1.165) is 21.7 Å². The van der Waals surface area contributed by atoms with Gasteiger partial charge in [-0.05, 0) is 0 Å². The summed E-state index contributed by atoms with van der Waals surface area (Å²) >= 11 is 6.59. The fraction of sp³-hybridized carbons (Fsp3) is 0.538. The van der Waals surface area contributed by atoms with E-state index in [4.69, 9.17) is 11.6 Å². The third-order valence-electron chi connectivity index (χ3n) is 3.66. The summed E-state index contributed by atoms with van der Waals surface area (Å²) in [6.45, 7) is 0. The van der Waals surface area contributed by atoms with Crippen molar-refractivity contribution in [1.29, 1.82) is 0 Å². The summed E-state index contributed by atoms with van der Waals surface area (Å²) in [4.78, 5) is 1.06. The van der Waals surface area contributed by atoms with Crippen LogP contribution in [0.3, 0.4) is 0 Å². The van der Waals surface area contributed by atoms with E-state index < -0.39 is 0 Å². The predicted molar refractivity (Wildman–Crippen MR) is 66.0 cm³/mol. The van der Waals surface area contributed by atoms with Gasteiger partial charge in [0.15, 0.2) is 0 Å². The van der Waals surface area contributed by atoms with Crippen LogP contribution in [-0.4, -0.2) is 15.0 Å². The fourth-order valence-electron chi connectivity index (χ4n) is 2.77. The minimum absolute atomic E-state index is 0.699. The molecule has 80 valence electrons. The van der Waals surface area contributed by atoms with Gasteiger partial charge in [-0.15, -0.1) is 0 Å². The van der Waals surface area contributed by atoms with E-state index in [1.807, 2.05) is 12.1 Å². The number of hydrogen-bond donors (Lipinski definition) is 0. The molecule has 2 heteroatoms. The van der Waals surface area contributed by atoms with Gasteiger partial charge < -0.3 is 0 Å². The van der Waals surface area contributed by atoms with Crippen LogP contribution in [0.15, 0.2) is 24.3 Å². The van der Waals surface area contributed by atoms with Crippen LogP contribution in [0.25, 0.3) is 0 Å². The Hall–Kier alpha value is 0.0295. The van der Waals surface area contributed by atoms with E-state index in [1.165, 1.54) is 30.1 Å². The third-order valence-corrected chi connectivity index (χ3v) is 7.10. The molecular formula is C13H15ClSe. The molecule has 0 amide bonds. The van der Waals surface area contributed by atoms with Gasteiger partial charge in [-0.25, -0.2) is 0 Å². The molecule has 0 saturated heterocycles. The number of halogens is 1. The van der Waals surface area contributed by atoms with Crippen LogP contribution in [0.1, 0.15) is 25.7 Å². The monoisotopic (exact) mass is 286 g/mol. The van der Waals surface area contributed by atoms with Gasteiger partial charge in [0.1, 0.15) is 0 Å². The Balaban J connectivity index is 1.64. The Morgan fingerprint density at radius 2 is 1.60 bits per heavy atom. The molecule has 2 saturated carbocycles. The molecule has 15 heavy (non-hydrogen) atoms. The Kier molecular flexibility index (Phi) is 2.81. The van der Waals surface area contributed by atoms with Crippen molar-refractivity contribution < 1.29 is 0 Å². The second kappa shape index (κ2) is 4.12. The molecule has 0 heterocycles. The summed E-state index contributed by atoms with van der Waals surface area (Å²) in [5, 5.41) is 0.864. The zero-order valence-electron chi connectivity index (χ0n) is 8.66. The molecule has 0 bridgehead atoms. The first-order chi connectivity index (χ1) is 7.34. The van der Waals surface area contributed by atoms with Crippen LogP contribution in [0.5, 0.6) is 0 Å². The SMILES string of the molecule is Clc1ccc([Se]C2C3CCCCC32)cc1. The second-order valence-electron chi connectivity index (χ2n) is 4.65. The Morgan fingerprint density at radius 1 is 1.00 bits per heavy atom. The molecule has 1 aromatic rings. The maximum atomic E-state index is 5.89. The van der Waals surface area contributed by atoms with Crippen molar-refractivity contribution in [3.8, 4) is 0 Å². The molecule has 0 aromatic heterocycles. The molecule has 2 aliphatic carbocycles. The molecule has 3 rings (SSSR count). The summed E-state index contributed by atoms with van der Waals surface area (Å²) in [5.74, 6) is 2.18.